The minimum Gasteiger partial charge on any atom is -0.379 e. The Balaban J connectivity index is 1.45. The van der Waals surface area contributed by atoms with Gasteiger partial charge in [0.05, 0.1) is 24.4 Å². The molecule has 0 bridgehead atoms. The van der Waals surface area contributed by atoms with E-state index in [9.17, 15) is 0 Å². The molecule has 0 amide bonds. The minimum absolute atomic E-state index is 0.853. The molecule has 0 atom stereocenters. The number of nitrogens with zero attached hydrogens (tertiary/aromatic N) is 3. The Labute approximate surface area is 184 Å². The van der Waals surface area contributed by atoms with Gasteiger partial charge in [0.1, 0.15) is 0 Å². The van der Waals surface area contributed by atoms with Crippen molar-refractivity contribution in [3.8, 4) is 11.3 Å². The van der Waals surface area contributed by atoms with Crippen LogP contribution in [0.2, 0.25) is 0 Å². The molecule has 5 rings (SSSR count). The van der Waals surface area contributed by atoms with Crippen LogP contribution >= 0.6 is 0 Å². The molecule has 1 aromatic carbocycles. The van der Waals surface area contributed by atoms with Gasteiger partial charge in [-0.2, -0.15) is 0 Å². The van der Waals surface area contributed by atoms with E-state index in [1.165, 1.54) is 33.3 Å². The summed E-state index contributed by atoms with van der Waals surface area (Å²) in [5.41, 5.74) is 8.75. The van der Waals surface area contributed by atoms with E-state index in [0.29, 0.717) is 0 Å². The van der Waals surface area contributed by atoms with Crippen LogP contribution in [0.3, 0.4) is 0 Å². The third-order valence-corrected chi connectivity index (χ3v) is 6.65. The van der Waals surface area contributed by atoms with E-state index in [2.05, 4.69) is 71.2 Å². The highest BCUT2D eigenvalue weighted by Crippen LogP contribution is 2.31. The first kappa shape index (κ1) is 20.4. The van der Waals surface area contributed by atoms with Crippen molar-refractivity contribution in [1.29, 1.82) is 0 Å². The lowest BCUT2D eigenvalue weighted by Crippen LogP contribution is -2.37. The molecule has 0 spiro atoms. The normalized spacial score (nSPS) is 17.8. The van der Waals surface area contributed by atoms with Crippen LogP contribution < -0.4 is 5.32 Å². The van der Waals surface area contributed by atoms with Crippen LogP contribution in [0.25, 0.3) is 27.7 Å². The van der Waals surface area contributed by atoms with Gasteiger partial charge in [-0.1, -0.05) is 30.3 Å². The second-order valence-corrected chi connectivity index (χ2v) is 8.70. The predicted molar refractivity (Wildman–Crippen MR) is 127 cm³/mol. The van der Waals surface area contributed by atoms with Crippen molar-refractivity contribution < 1.29 is 4.74 Å². The number of benzene rings is 1. The fourth-order valence-electron chi connectivity index (χ4n) is 4.79. The summed E-state index contributed by atoms with van der Waals surface area (Å²) in [4.78, 5) is 7.45. The van der Waals surface area contributed by atoms with Crippen molar-refractivity contribution in [3.63, 3.8) is 0 Å². The summed E-state index contributed by atoms with van der Waals surface area (Å²) in [6.45, 7) is 8.98. The van der Waals surface area contributed by atoms with Crippen LogP contribution in [0.15, 0.2) is 42.5 Å². The standard InChI is InChI=1S/C26H32N4O/c1-19-17-25-24(18-23(29(25)2)9-12-30-13-15-31-16-14-30)26(28-19)22-5-3-20(4-6-22)21-7-10-27-11-8-21/h3-7,17-18,27H,8-16H2,1-2H3. The van der Waals surface area contributed by atoms with Gasteiger partial charge in [-0.25, -0.2) is 0 Å². The van der Waals surface area contributed by atoms with Gasteiger partial charge in [-0.05, 0) is 43.2 Å². The van der Waals surface area contributed by atoms with Crippen LogP contribution in [0, 0.1) is 6.92 Å². The van der Waals surface area contributed by atoms with Crippen molar-refractivity contribution in [2.24, 2.45) is 7.05 Å². The zero-order valence-electron chi connectivity index (χ0n) is 18.7. The van der Waals surface area contributed by atoms with E-state index in [0.717, 1.165) is 70.2 Å². The molecule has 31 heavy (non-hydrogen) atoms. The minimum atomic E-state index is 0.853. The second-order valence-electron chi connectivity index (χ2n) is 8.70. The summed E-state index contributed by atoms with van der Waals surface area (Å²) in [6, 6.07) is 13.5. The van der Waals surface area contributed by atoms with Gasteiger partial charge in [0.15, 0.2) is 0 Å². The lowest BCUT2D eigenvalue weighted by Gasteiger charge is -2.26. The fourth-order valence-corrected chi connectivity index (χ4v) is 4.79. The Kier molecular flexibility index (Phi) is 5.90. The van der Waals surface area contributed by atoms with Crippen LogP contribution in [0.5, 0.6) is 0 Å². The van der Waals surface area contributed by atoms with Crippen LogP contribution in [0.1, 0.15) is 23.4 Å². The summed E-state index contributed by atoms with van der Waals surface area (Å²) < 4.78 is 7.84. The maximum absolute atomic E-state index is 5.49. The molecule has 1 fully saturated rings. The van der Waals surface area contributed by atoms with Gasteiger partial charge in [0.2, 0.25) is 0 Å². The Morgan fingerprint density at radius 3 is 2.58 bits per heavy atom. The summed E-state index contributed by atoms with van der Waals surface area (Å²) in [7, 11) is 2.19. The molecule has 0 aliphatic carbocycles. The maximum Gasteiger partial charge on any atom is 0.0799 e. The molecule has 4 heterocycles. The van der Waals surface area contributed by atoms with Gasteiger partial charge in [0, 0.05) is 62.0 Å². The van der Waals surface area contributed by atoms with Gasteiger partial charge in [-0.15, -0.1) is 0 Å². The summed E-state index contributed by atoms with van der Waals surface area (Å²) in [6.07, 6.45) is 4.45. The number of pyridine rings is 1. The van der Waals surface area contributed by atoms with Crippen molar-refractivity contribution >= 4 is 16.5 Å². The largest absolute Gasteiger partial charge is 0.379 e. The molecule has 1 saturated heterocycles. The molecule has 162 valence electrons. The number of ether oxygens (including phenoxy) is 1. The SMILES string of the molecule is Cc1cc2c(cc(CCN3CCOCC3)n2C)c(-c2ccc(C3=CCNCC3)cc2)n1. The Morgan fingerprint density at radius 1 is 1.06 bits per heavy atom. The third-order valence-electron chi connectivity index (χ3n) is 6.65. The number of aryl methyl sites for hydroxylation is 2. The molecule has 2 aliphatic rings. The highest BCUT2D eigenvalue weighted by molar-refractivity contribution is 5.94. The Morgan fingerprint density at radius 2 is 1.84 bits per heavy atom. The topological polar surface area (TPSA) is 42.3 Å². The van der Waals surface area contributed by atoms with Gasteiger partial charge < -0.3 is 14.6 Å². The predicted octanol–water partition coefficient (Wildman–Crippen LogP) is 3.80. The van der Waals surface area contributed by atoms with Gasteiger partial charge >= 0.3 is 0 Å². The van der Waals surface area contributed by atoms with Crippen molar-refractivity contribution in [2.75, 3.05) is 45.9 Å². The molecule has 5 nitrogen and oxygen atoms in total. The summed E-state index contributed by atoms with van der Waals surface area (Å²) >= 11 is 0. The van der Waals surface area contributed by atoms with Crippen LogP contribution in [-0.4, -0.2) is 60.4 Å². The second kappa shape index (κ2) is 8.95. The van der Waals surface area contributed by atoms with Crippen molar-refractivity contribution in [3.05, 3.63) is 59.4 Å². The average molecular weight is 417 g/mol. The number of nitrogens with one attached hydrogen (secondary N) is 1. The van der Waals surface area contributed by atoms with E-state index in [1.54, 1.807) is 0 Å². The van der Waals surface area contributed by atoms with E-state index < -0.39 is 0 Å². The number of morpholine rings is 1. The van der Waals surface area contributed by atoms with E-state index in [4.69, 9.17) is 9.72 Å². The zero-order valence-corrected chi connectivity index (χ0v) is 18.7. The highest BCUT2D eigenvalue weighted by atomic mass is 16.5. The molecule has 3 aromatic rings. The summed E-state index contributed by atoms with van der Waals surface area (Å²) in [5, 5.41) is 4.64. The number of hydrogen-bond donors (Lipinski definition) is 1. The quantitative estimate of drug-likeness (QED) is 0.687. The average Bonchev–Trinajstić information content (AvgIpc) is 3.14. The lowest BCUT2D eigenvalue weighted by atomic mass is 9.98. The van der Waals surface area contributed by atoms with E-state index in [1.807, 2.05) is 0 Å². The molecular formula is C26H32N4O. The number of hydrogen-bond acceptors (Lipinski definition) is 4. The molecule has 1 N–H and O–H groups in total. The Hall–Kier alpha value is -2.47. The van der Waals surface area contributed by atoms with E-state index >= 15 is 0 Å². The number of rotatable bonds is 5. The molecule has 0 unspecified atom stereocenters. The molecular weight excluding hydrogens is 384 g/mol. The first-order valence-electron chi connectivity index (χ1n) is 11.5. The van der Waals surface area contributed by atoms with E-state index in [-0.39, 0.29) is 0 Å². The molecule has 0 saturated carbocycles. The van der Waals surface area contributed by atoms with Crippen molar-refractivity contribution in [2.45, 2.75) is 19.8 Å². The monoisotopic (exact) mass is 416 g/mol. The first-order valence-corrected chi connectivity index (χ1v) is 11.5. The fraction of sp³-hybridized carbons (Fsp3) is 0.423. The smallest absolute Gasteiger partial charge is 0.0799 e. The zero-order chi connectivity index (χ0) is 21.2. The third kappa shape index (κ3) is 4.31. The van der Waals surface area contributed by atoms with Crippen LogP contribution in [0.4, 0.5) is 0 Å². The molecule has 5 heteroatoms. The Bertz CT molecular complexity index is 1090. The molecule has 0 radical (unpaired) electrons. The molecule has 2 aliphatic heterocycles. The summed E-state index contributed by atoms with van der Waals surface area (Å²) in [5.74, 6) is 0. The van der Waals surface area contributed by atoms with Crippen molar-refractivity contribution in [1.82, 2.24) is 19.8 Å². The van der Waals surface area contributed by atoms with Gasteiger partial charge in [-0.3, -0.25) is 9.88 Å². The maximum atomic E-state index is 5.49. The highest BCUT2D eigenvalue weighted by Gasteiger charge is 2.16. The van der Waals surface area contributed by atoms with Crippen LogP contribution in [-0.2, 0) is 18.2 Å². The molecule has 2 aromatic heterocycles. The number of fused-ring (bicyclic) bond motifs is 1. The van der Waals surface area contributed by atoms with Gasteiger partial charge in [0.25, 0.3) is 0 Å². The first-order chi connectivity index (χ1) is 15.2. The lowest BCUT2D eigenvalue weighted by molar-refractivity contribution is 0.0383. The number of aromatic nitrogens is 2.